The minimum absolute atomic E-state index is 0.000687. The summed E-state index contributed by atoms with van der Waals surface area (Å²) in [5, 5.41) is 4.12. The third-order valence-electron chi connectivity index (χ3n) is 8.50. The second-order valence-electron chi connectivity index (χ2n) is 11.0. The van der Waals surface area contributed by atoms with Crippen molar-refractivity contribution in [2.75, 3.05) is 18.1 Å². The van der Waals surface area contributed by atoms with Gasteiger partial charge in [0.25, 0.3) is 0 Å². The zero-order chi connectivity index (χ0) is 25.5. The minimum Gasteiger partial charge on any atom is -0.380 e. The smallest absolute Gasteiger partial charge is 0.227 e. The van der Waals surface area contributed by atoms with Crippen LogP contribution in [0.25, 0.3) is 22.2 Å². The van der Waals surface area contributed by atoms with Crippen LogP contribution in [0, 0.1) is 32.0 Å². The van der Waals surface area contributed by atoms with Crippen LogP contribution in [0.4, 0.5) is 10.1 Å². The van der Waals surface area contributed by atoms with Gasteiger partial charge in [-0.2, -0.15) is 0 Å². The Kier molecular flexibility index (Phi) is 4.89. The quantitative estimate of drug-likeness (QED) is 0.345. The van der Waals surface area contributed by atoms with E-state index >= 15 is 0 Å². The van der Waals surface area contributed by atoms with E-state index in [2.05, 4.69) is 27.9 Å². The molecule has 8 heteroatoms. The summed E-state index contributed by atoms with van der Waals surface area (Å²) in [5.74, 6) is 1.34. The molecule has 0 N–H and O–H groups in total. The fourth-order valence-electron chi connectivity index (χ4n) is 6.52. The third kappa shape index (κ3) is 3.38. The van der Waals surface area contributed by atoms with Crippen LogP contribution in [-0.2, 0) is 9.53 Å². The number of aromatic nitrogens is 3. The zero-order valence-corrected chi connectivity index (χ0v) is 21.3. The molecule has 2 aliphatic heterocycles. The van der Waals surface area contributed by atoms with Crippen molar-refractivity contribution in [2.45, 2.75) is 58.5 Å². The minimum atomic E-state index is -0.306. The number of fused-ring (bicyclic) bond motifs is 1. The number of benzene rings is 2. The maximum atomic E-state index is 14.5. The molecule has 1 atom stereocenters. The largest absolute Gasteiger partial charge is 0.380 e. The fraction of sp³-hybridized carbons (Fsp3) is 0.414. The normalized spacial score (nSPS) is 21.1. The lowest BCUT2D eigenvalue weighted by Crippen LogP contribution is -2.52. The molecule has 7 nitrogen and oxygen atoms in total. The Morgan fingerprint density at radius 1 is 1.08 bits per heavy atom. The van der Waals surface area contributed by atoms with Gasteiger partial charge in [-0.3, -0.25) is 4.79 Å². The van der Waals surface area contributed by atoms with E-state index in [9.17, 15) is 9.18 Å². The van der Waals surface area contributed by atoms with Gasteiger partial charge in [-0.05, 0) is 75.4 Å². The van der Waals surface area contributed by atoms with Crippen LogP contribution >= 0.6 is 0 Å². The Hall–Kier alpha value is -3.52. The number of rotatable bonds is 4. The Morgan fingerprint density at radius 2 is 1.89 bits per heavy atom. The Balaban J connectivity index is 1.36. The molecule has 0 radical (unpaired) electrons. The molecule has 4 heterocycles. The first kappa shape index (κ1) is 22.7. The van der Waals surface area contributed by atoms with Crippen LogP contribution in [0.1, 0.15) is 60.6 Å². The summed E-state index contributed by atoms with van der Waals surface area (Å²) in [4.78, 5) is 20.0. The van der Waals surface area contributed by atoms with E-state index < -0.39 is 0 Å². The van der Waals surface area contributed by atoms with Crippen molar-refractivity contribution in [3.8, 4) is 11.1 Å². The second kappa shape index (κ2) is 7.99. The number of ether oxygens (including phenoxy) is 1. The van der Waals surface area contributed by atoms with Crippen LogP contribution in [0.2, 0.25) is 0 Å². The van der Waals surface area contributed by atoms with Crippen LogP contribution in [0.3, 0.4) is 0 Å². The number of aryl methyl sites for hydroxylation is 3. The first-order valence-electron chi connectivity index (χ1n) is 12.9. The summed E-state index contributed by atoms with van der Waals surface area (Å²) in [5.41, 5.74) is 6.21. The number of amides is 1. The molecule has 1 saturated carbocycles. The van der Waals surface area contributed by atoms with E-state index in [-0.39, 0.29) is 23.2 Å². The molecule has 3 fully saturated rings. The lowest BCUT2D eigenvalue weighted by molar-refractivity contribution is -0.174. The second-order valence-corrected chi connectivity index (χ2v) is 11.0. The predicted octanol–water partition coefficient (Wildman–Crippen LogP) is 5.98. The van der Waals surface area contributed by atoms with Gasteiger partial charge in [-0.15, -0.1) is 0 Å². The first-order chi connectivity index (χ1) is 17.8. The highest BCUT2D eigenvalue weighted by atomic mass is 19.1. The number of anilines is 1. The lowest BCUT2D eigenvalue weighted by atomic mass is 9.64. The van der Waals surface area contributed by atoms with Gasteiger partial charge in [0.1, 0.15) is 17.4 Å². The van der Waals surface area contributed by atoms with Crippen molar-refractivity contribution in [1.82, 2.24) is 14.7 Å². The number of hydrogen-bond acceptors (Lipinski definition) is 5. The van der Waals surface area contributed by atoms with Gasteiger partial charge in [0.2, 0.25) is 5.91 Å². The number of carbonyl (C=O) groups excluding carboxylic acids is 1. The van der Waals surface area contributed by atoms with E-state index in [1.807, 2.05) is 19.9 Å². The Morgan fingerprint density at radius 3 is 2.57 bits per heavy atom. The molecule has 1 amide bonds. The lowest BCUT2D eigenvalue weighted by Gasteiger charge is -2.54. The van der Waals surface area contributed by atoms with Crippen molar-refractivity contribution >= 4 is 22.6 Å². The summed E-state index contributed by atoms with van der Waals surface area (Å²) >= 11 is 0. The maximum absolute atomic E-state index is 14.5. The topological polar surface area (TPSA) is 73.4 Å². The summed E-state index contributed by atoms with van der Waals surface area (Å²) in [6.45, 7) is 7.23. The average Bonchev–Trinajstić information content (AvgIpc) is 3.48. The summed E-state index contributed by atoms with van der Waals surface area (Å²) < 4.78 is 27.8. The number of halogens is 1. The van der Waals surface area contributed by atoms with Gasteiger partial charge in [-0.1, -0.05) is 17.3 Å². The molecule has 2 aromatic carbocycles. The Labute approximate surface area is 214 Å². The van der Waals surface area contributed by atoms with Gasteiger partial charge >= 0.3 is 0 Å². The SMILES string of the molecule is Cc1ccc(N2C(=O)CC[C@H]2c2nc3cc(-c4c(C)noc4C)ccc3n2C2CC3(COC3)C2)cc1F. The van der Waals surface area contributed by atoms with Crippen LogP contribution < -0.4 is 4.90 Å². The van der Waals surface area contributed by atoms with Gasteiger partial charge in [-0.25, -0.2) is 9.37 Å². The molecule has 4 aromatic rings. The van der Waals surface area contributed by atoms with Gasteiger partial charge in [0, 0.05) is 29.1 Å². The summed E-state index contributed by atoms with van der Waals surface area (Å²) in [7, 11) is 0. The fourth-order valence-corrected chi connectivity index (χ4v) is 6.52. The molecule has 2 saturated heterocycles. The Bertz CT molecular complexity index is 1540. The van der Waals surface area contributed by atoms with E-state index in [1.54, 1.807) is 17.9 Å². The zero-order valence-electron chi connectivity index (χ0n) is 21.3. The molecule has 0 unspecified atom stereocenters. The maximum Gasteiger partial charge on any atom is 0.227 e. The molecule has 37 heavy (non-hydrogen) atoms. The number of imidazole rings is 1. The van der Waals surface area contributed by atoms with Crippen molar-refractivity contribution in [2.24, 2.45) is 5.41 Å². The van der Waals surface area contributed by atoms with E-state index in [1.165, 1.54) is 6.07 Å². The van der Waals surface area contributed by atoms with Gasteiger partial charge < -0.3 is 18.7 Å². The molecule has 7 rings (SSSR count). The molecule has 0 bridgehead atoms. The first-order valence-corrected chi connectivity index (χ1v) is 12.9. The van der Waals surface area contributed by atoms with Crippen molar-refractivity contribution in [1.29, 1.82) is 0 Å². The van der Waals surface area contributed by atoms with Crippen molar-refractivity contribution < 1.29 is 18.4 Å². The summed E-state index contributed by atoms with van der Waals surface area (Å²) in [6, 6.07) is 11.4. The van der Waals surface area contributed by atoms with Crippen LogP contribution in [0.5, 0.6) is 0 Å². The number of carbonyl (C=O) groups is 1. The molecule has 3 aliphatic rings. The van der Waals surface area contributed by atoms with E-state index in [0.717, 1.165) is 65.5 Å². The standard InChI is InChI=1S/C29H29FN4O3/c1-16-4-6-20(11-22(16)30)33-25(8-9-26(33)35)28-31-23-10-19(27-17(2)32-37-18(27)3)5-7-24(23)34(28)21-12-29(13-21)14-36-15-29/h4-7,10-11,21,25H,8-9,12-15H2,1-3H3/t25-/m0/s1. The molecule has 2 aromatic heterocycles. The van der Waals surface area contributed by atoms with Crippen LogP contribution in [-0.4, -0.2) is 33.8 Å². The molecular formula is C29H29FN4O3. The molecular weight excluding hydrogens is 471 g/mol. The highest BCUT2D eigenvalue weighted by Gasteiger charge is 2.52. The molecule has 190 valence electrons. The highest BCUT2D eigenvalue weighted by Crippen LogP contribution is 2.55. The average molecular weight is 501 g/mol. The van der Waals surface area contributed by atoms with Crippen molar-refractivity contribution in [3.05, 3.63) is 65.1 Å². The van der Waals surface area contributed by atoms with Gasteiger partial charge in [0.15, 0.2) is 0 Å². The monoisotopic (exact) mass is 500 g/mol. The number of hydrogen-bond donors (Lipinski definition) is 0. The third-order valence-corrected chi connectivity index (χ3v) is 8.50. The van der Waals surface area contributed by atoms with E-state index in [4.69, 9.17) is 14.2 Å². The number of nitrogens with zero attached hydrogens (tertiary/aromatic N) is 4. The molecule has 1 aliphatic carbocycles. The van der Waals surface area contributed by atoms with Crippen LogP contribution in [0.15, 0.2) is 40.9 Å². The summed E-state index contributed by atoms with van der Waals surface area (Å²) in [6.07, 6.45) is 3.14. The highest BCUT2D eigenvalue weighted by molar-refractivity contribution is 5.96. The van der Waals surface area contributed by atoms with Gasteiger partial charge in [0.05, 0.1) is 36.0 Å². The molecule has 1 spiro atoms. The predicted molar refractivity (Wildman–Crippen MR) is 137 cm³/mol. The van der Waals surface area contributed by atoms with E-state index in [0.29, 0.717) is 30.1 Å². The van der Waals surface area contributed by atoms with Crippen molar-refractivity contribution in [3.63, 3.8) is 0 Å².